The number of nitriles is 1. The van der Waals surface area contributed by atoms with Crippen LogP contribution in [0.2, 0.25) is 0 Å². The molecular formula is C10H5F4N. The smallest absolute Gasteiger partial charge is 0.207 e. The van der Waals surface area contributed by atoms with E-state index in [-0.39, 0.29) is 5.56 Å². The number of alkyl halides is 3. The Kier molecular flexibility index (Phi) is 2.80. The third kappa shape index (κ3) is 2.34. The Balaban J connectivity index is 3.40. The Labute approximate surface area is 83.3 Å². The van der Waals surface area contributed by atoms with Gasteiger partial charge in [-0.1, -0.05) is 12.6 Å². The second-order valence-electron chi connectivity index (χ2n) is 2.77. The van der Waals surface area contributed by atoms with Gasteiger partial charge in [0, 0.05) is 5.56 Å². The van der Waals surface area contributed by atoms with Crippen molar-refractivity contribution in [2.45, 2.75) is 6.18 Å². The lowest BCUT2D eigenvalue weighted by Crippen LogP contribution is -2.08. The zero-order valence-electron chi connectivity index (χ0n) is 7.40. The van der Waals surface area contributed by atoms with E-state index in [0.717, 1.165) is 12.1 Å². The van der Waals surface area contributed by atoms with E-state index >= 15 is 0 Å². The lowest BCUT2D eigenvalue weighted by molar-refractivity contribution is -0.137. The highest BCUT2D eigenvalue weighted by atomic mass is 19.4. The highest BCUT2D eigenvalue weighted by Gasteiger charge is 2.33. The number of hydrogen-bond acceptors (Lipinski definition) is 1. The second kappa shape index (κ2) is 3.73. The molecule has 0 aromatic heterocycles. The molecule has 0 saturated heterocycles. The van der Waals surface area contributed by atoms with Crippen LogP contribution < -0.4 is 0 Å². The molecule has 78 valence electrons. The molecule has 0 saturated carbocycles. The van der Waals surface area contributed by atoms with Crippen molar-refractivity contribution in [3.05, 3.63) is 41.5 Å². The highest BCUT2D eigenvalue weighted by molar-refractivity contribution is 5.59. The first kappa shape index (κ1) is 11.2. The van der Waals surface area contributed by atoms with E-state index in [9.17, 15) is 17.6 Å². The van der Waals surface area contributed by atoms with Crippen molar-refractivity contribution in [1.82, 2.24) is 0 Å². The standard InChI is InChI=1S/C10H5F4N/c1-6(11)7-2-3-8(5-15)9(4-7)10(12,13)14/h2-4H,1H2. The predicted octanol–water partition coefficient (Wildman–Crippen LogP) is 3.52. The van der Waals surface area contributed by atoms with Gasteiger partial charge < -0.3 is 0 Å². The molecule has 0 bridgehead atoms. The molecule has 0 atom stereocenters. The molecule has 0 unspecified atom stereocenters. The largest absolute Gasteiger partial charge is 0.417 e. The van der Waals surface area contributed by atoms with Gasteiger partial charge in [0.05, 0.1) is 17.2 Å². The van der Waals surface area contributed by atoms with Crippen molar-refractivity contribution in [2.75, 3.05) is 0 Å². The van der Waals surface area contributed by atoms with Crippen LogP contribution in [-0.2, 0) is 6.18 Å². The van der Waals surface area contributed by atoms with Crippen molar-refractivity contribution in [3.63, 3.8) is 0 Å². The summed E-state index contributed by atoms with van der Waals surface area (Å²) in [5.41, 5.74) is -1.96. The second-order valence-corrected chi connectivity index (χ2v) is 2.77. The van der Waals surface area contributed by atoms with Crippen LogP contribution >= 0.6 is 0 Å². The fourth-order valence-electron chi connectivity index (χ4n) is 1.05. The zero-order chi connectivity index (χ0) is 11.6. The third-order valence-corrected chi connectivity index (χ3v) is 1.76. The van der Waals surface area contributed by atoms with Crippen LogP contribution in [0.3, 0.4) is 0 Å². The van der Waals surface area contributed by atoms with E-state index in [4.69, 9.17) is 5.26 Å². The quantitative estimate of drug-likeness (QED) is 0.657. The Morgan fingerprint density at radius 3 is 2.33 bits per heavy atom. The SMILES string of the molecule is C=C(F)c1ccc(C#N)c(C(F)(F)F)c1. The number of halogens is 4. The van der Waals surface area contributed by atoms with Crippen LogP contribution in [0.1, 0.15) is 16.7 Å². The first-order valence-corrected chi connectivity index (χ1v) is 3.82. The molecule has 0 spiro atoms. The van der Waals surface area contributed by atoms with E-state index in [1.807, 2.05) is 0 Å². The van der Waals surface area contributed by atoms with Crippen LogP contribution in [0.4, 0.5) is 17.6 Å². The van der Waals surface area contributed by atoms with Crippen molar-refractivity contribution in [3.8, 4) is 6.07 Å². The molecule has 0 aliphatic carbocycles. The van der Waals surface area contributed by atoms with Gasteiger partial charge in [0.25, 0.3) is 0 Å². The van der Waals surface area contributed by atoms with Crippen LogP contribution in [0.15, 0.2) is 24.8 Å². The maximum atomic E-state index is 12.6. The first-order chi connectivity index (χ1) is 6.86. The molecule has 1 aromatic rings. The Hall–Kier alpha value is -1.83. The van der Waals surface area contributed by atoms with Crippen LogP contribution in [0.5, 0.6) is 0 Å². The highest BCUT2D eigenvalue weighted by Crippen LogP contribution is 2.33. The minimum Gasteiger partial charge on any atom is -0.207 e. The lowest BCUT2D eigenvalue weighted by atomic mass is 10.0. The van der Waals surface area contributed by atoms with E-state index < -0.39 is 23.1 Å². The fourth-order valence-corrected chi connectivity index (χ4v) is 1.05. The van der Waals surface area contributed by atoms with Gasteiger partial charge in [-0.05, 0) is 12.1 Å². The Morgan fingerprint density at radius 2 is 1.93 bits per heavy atom. The third-order valence-electron chi connectivity index (χ3n) is 1.76. The minimum absolute atomic E-state index is 0.277. The Morgan fingerprint density at radius 1 is 1.33 bits per heavy atom. The van der Waals surface area contributed by atoms with Gasteiger partial charge in [-0.25, -0.2) is 4.39 Å². The van der Waals surface area contributed by atoms with Gasteiger partial charge in [0.15, 0.2) is 0 Å². The lowest BCUT2D eigenvalue weighted by Gasteiger charge is -2.09. The summed E-state index contributed by atoms with van der Waals surface area (Å²) >= 11 is 0. The van der Waals surface area contributed by atoms with E-state index in [0.29, 0.717) is 6.07 Å². The molecule has 15 heavy (non-hydrogen) atoms. The molecule has 0 N–H and O–H groups in total. The van der Waals surface area contributed by atoms with E-state index in [2.05, 4.69) is 6.58 Å². The molecule has 0 heterocycles. The Bertz CT molecular complexity index is 440. The predicted molar refractivity (Wildman–Crippen MR) is 46.3 cm³/mol. The summed E-state index contributed by atoms with van der Waals surface area (Å²) in [6, 6.07) is 3.97. The molecule has 0 amide bonds. The zero-order valence-corrected chi connectivity index (χ0v) is 7.40. The van der Waals surface area contributed by atoms with Gasteiger partial charge in [0.2, 0.25) is 0 Å². The molecule has 0 aliphatic heterocycles. The van der Waals surface area contributed by atoms with Crippen molar-refractivity contribution >= 4 is 5.83 Å². The van der Waals surface area contributed by atoms with Gasteiger partial charge >= 0.3 is 6.18 Å². The average Bonchev–Trinajstić information content (AvgIpc) is 2.15. The van der Waals surface area contributed by atoms with Crippen LogP contribution in [0, 0.1) is 11.3 Å². The van der Waals surface area contributed by atoms with Gasteiger partial charge in [-0.3, -0.25) is 0 Å². The normalized spacial score (nSPS) is 10.9. The van der Waals surface area contributed by atoms with Crippen molar-refractivity contribution < 1.29 is 17.6 Å². The van der Waals surface area contributed by atoms with Crippen molar-refractivity contribution in [1.29, 1.82) is 5.26 Å². The summed E-state index contributed by atoms with van der Waals surface area (Å²) in [7, 11) is 0. The number of rotatable bonds is 1. The molecule has 0 fully saturated rings. The molecule has 5 heteroatoms. The number of hydrogen-bond donors (Lipinski definition) is 0. The fraction of sp³-hybridized carbons (Fsp3) is 0.100. The monoisotopic (exact) mass is 215 g/mol. The molecule has 0 radical (unpaired) electrons. The maximum absolute atomic E-state index is 12.6. The molecule has 0 aliphatic rings. The van der Waals surface area contributed by atoms with Gasteiger partial charge in [-0.2, -0.15) is 18.4 Å². The average molecular weight is 215 g/mol. The first-order valence-electron chi connectivity index (χ1n) is 3.82. The molecular weight excluding hydrogens is 210 g/mol. The summed E-state index contributed by atoms with van der Waals surface area (Å²) < 4.78 is 49.7. The molecule has 1 aromatic carbocycles. The summed E-state index contributed by atoms with van der Waals surface area (Å²) in [5.74, 6) is -0.968. The van der Waals surface area contributed by atoms with Gasteiger partial charge in [0.1, 0.15) is 5.83 Å². The number of nitrogens with zero attached hydrogens (tertiary/aromatic N) is 1. The molecule has 1 rings (SSSR count). The number of benzene rings is 1. The summed E-state index contributed by atoms with van der Waals surface area (Å²) in [4.78, 5) is 0. The van der Waals surface area contributed by atoms with E-state index in [1.54, 1.807) is 0 Å². The van der Waals surface area contributed by atoms with Crippen molar-refractivity contribution in [2.24, 2.45) is 0 Å². The summed E-state index contributed by atoms with van der Waals surface area (Å²) in [6.45, 7) is 2.89. The summed E-state index contributed by atoms with van der Waals surface area (Å²) in [6.07, 6.45) is -4.67. The maximum Gasteiger partial charge on any atom is 0.417 e. The van der Waals surface area contributed by atoms with Gasteiger partial charge in [-0.15, -0.1) is 0 Å². The van der Waals surface area contributed by atoms with Crippen LogP contribution in [-0.4, -0.2) is 0 Å². The topological polar surface area (TPSA) is 23.8 Å². The minimum atomic E-state index is -4.67. The summed E-state index contributed by atoms with van der Waals surface area (Å²) in [5, 5.41) is 8.45. The van der Waals surface area contributed by atoms with Crippen LogP contribution in [0.25, 0.3) is 5.83 Å². The molecule has 1 nitrogen and oxygen atoms in total. The van der Waals surface area contributed by atoms with E-state index in [1.165, 1.54) is 6.07 Å².